The van der Waals surface area contributed by atoms with Gasteiger partial charge in [0.05, 0.1) is 6.61 Å². The molecule has 0 aromatic carbocycles. The Balaban J connectivity index is 1.42. The fourth-order valence-corrected chi connectivity index (χ4v) is 6.95. The molecular formula is C35H63N3O11P+. The van der Waals surface area contributed by atoms with Crippen LogP contribution in [0.15, 0.2) is 0 Å². The fourth-order valence-electron chi connectivity index (χ4n) is 6.49. The summed E-state index contributed by atoms with van der Waals surface area (Å²) < 4.78 is 28.3. The average Bonchev–Trinajstić information content (AvgIpc) is 3.40. The predicted molar refractivity (Wildman–Crippen MR) is 187 cm³/mol. The maximum atomic E-state index is 12.4. The fraction of sp³-hybridized carbons (Fsp3) is 0.886. The van der Waals surface area contributed by atoms with Gasteiger partial charge in [-0.25, -0.2) is 4.79 Å². The number of amides is 4. The smallest absolute Gasteiger partial charge is 0.481 e. The number of aliphatic hydroxyl groups excluding tert-OH is 1. The summed E-state index contributed by atoms with van der Waals surface area (Å²) in [6.07, 6.45) is 19.1. The second kappa shape index (κ2) is 27.4. The zero-order valence-electron chi connectivity index (χ0n) is 29.9. The Hall–Kier alpha value is -2.22. The maximum Gasteiger partial charge on any atom is 0.695 e. The first-order valence-corrected chi connectivity index (χ1v) is 20.2. The molecule has 0 aromatic rings. The van der Waals surface area contributed by atoms with Crippen LogP contribution >= 0.6 is 8.25 Å². The highest BCUT2D eigenvalue weighted by Crippen LogP contribution is 2.35. The first-order chi connectivity index (χ1) is 24.2. The lowest BCUT2D eigenvalue weighted by molar-refractivity contribution is -0.137. The number of ether oxygens (including phenoxy) is 2. The number of rotatable bonds is 31. The minimum absolute atomic E-state index is 0.0730. The summed E-state index contributed by atoms with van der Waals surface area (Å²) in [7, 11) is -3.01. The van der Waals surface area contributed by atoms with Gasteiger partial charge in [0.2, 0.25) is 11.8 Å². The van der Waals surface area contributed by atoms with Crippen molar-refractivity contribution in [3.63, 3.8) is 0 Å². The Bertz CT molecular complexity index is 1000. The van der Waals surface area contributed by atoms with Crippen LogP contribution in [0.25, 0.3) is 0 Å². The van der Waals surface area contributed by atoms with Gasteiger partial charge in [-0.1, -0.05) is 103 Å². The first-order valence-electron chi connectivity index (χ1n) is 19.0. The number of imide groups is 1. The summed E-state index contributed by atoms with van der Waals surface area (Å²) in [6.45, 7) is 0.468. The van der Waals surface area contributed by atoms with Gasteiger partial charge in [-0.2, -0.15) is 0 Å². The van der Waals surface area contributed by atoms with Crippen molar-refractivity contribution in [1.82, 2.24) is 15.5 Å². The molecule has 2 fully saturated rings. The van der Waals surface area contributed by atoms with Crippen molar-refractivity contribution in [2.75, 3.05) is 26.3 Å². The highest BCUT2D eigenvalue weighted by molar-refractivity contribution is 7.32. The largest absolute Gasteiger partial charge is 0.695 e. The van der Waals surface area contributed by atoms with Crippen molar-refractivity contribution in [1.29, 1.82) is 0 Å². The number of carbonyl (C=O) groups is 4. The number of hydrogen-bond acceptors (Lipinski definition) is 9. The molecule has 15 heteroatoms. The molecule has 0 spiro atoms. The van der Waals surface area contributed by atoms with E-state index in [1.807, 2.05) is 0 Å². The predicted octanol–water partition coefficient (Wildman–Crippen LogP) is 5.85. The van der Waals surface area contributed by atoms with E-state index < -0.39 is 57.3 Å². The van der Waals surface area contributed by atoms with Gasteiger partial charge in [0.25, 0.3) is 0 Å². The van der Waals surface area contributed by atoms with Crippen molar-refractivity contribution >= 4 is 32.1 Å². The molecule has 2 saturated heterocycles. The van der Waals surface area contributed by atoms with E-state index in [1.165, 1.54) is 75.5 Å². The van der Waals surface area contributed by atoms with Crippen LogP contribution < -0.4 is 10.6 Å². The SMILES string of the molecule is O=C(O)CCCCCCCCCCCCCCCCCCC(=O)NCCCCCCO[C@H]1C(O[P+](=O)O)[C@@H](CO)O[C@H]1N1CCC(=O)NC1=O. The number of carbonyl (C=O) groups excluding carboxylic acids is 3. The summed E-state index contributed by atoms with van der Waals surface area (Å²) >= 11 is 0. The zero-order chi connectivity index (χ0) is 36.4. The Morgan fingerprint density at radius 3 is 1.84 bits per heavy atom. The number of carboxylic acids is 1. The normalized spacial score (nSPS) is 21.0. The van der Waals surface area contributed by atoms with E-state index >= 15 is 0 Å². The van der Waals surface area contributed by atoms with Gasteiger partial charge in [0.1, 0.15) is 12.2 Å². The highest BCUT2D eigenvalue weighted by atomic mass is 31.1. The van der Waals surface area contributed by atoms with Crippen LogP contribution in [0.1, 0.15) is 148 Å². The van der Waals surface area contributed by atoms with Gasteiger partial charge in [0.15, 0.2) is 12.3 Å². The van der Waals surface area contributed by atoms with Crippen LogP contribution in [-0.2, 0) is 32.9 Å². The average molecular weight is 733 g/mol. The lowest BCUT2D eigenvalue weighted by Crippen LogP contribution is -2.57. The minimum Gasteiger partial charge on any atom is -0.481 e. The maximum absolute atomic E-state index is 12.4. The number of nitrogens with zero attached hydrogens (tertiary/aromatic N) is 1. The second-order valence-electron chi connectivity index (χ2n) is 13.5. The minimum atomic E-state index is -3.01. The third kappa shape index (κ3) is 19.4. The number of carboxylic acid groups (broad SMARTS) is 1. The van der Waals surface area contributed by atoms with E-state index in [4.69, 9.17) is 19.1 Å². The molecule has 4 amide bonds. The molecule has 2 unspecified atom stereocenters. The number of urea groups is 1. The molecule has 0 saturated carbocycles. The summed E-state index contributed by atoms with van der Waals surface area (Å²) in [5.41, 5.74) is 0. The Kier molecular flexibility index (Phi) is 24.1. The Morgan fingerprint density at radius 1 is 0.800 bits per heavy atom. The molecule has 2 aliphatic rings. The summed E-state index contributed by atoms with van der Waals surface area (Å²) in [6, 6.07) is -0.659. The van der Waals surface area contributed by atoms with E-state index in [0.717, 1.165) is 51.4 Å². The Labute approximate surface area is 298 Å². The molecule has 5 N–H and O–H groups in total. The van der Waals surface area contributed by atoms with Crippen LogP contribution in [0.3, 0.4) is 0 Å². The van der Waals surface area contributed by atoms with Crippen molar-refractivity contribution in [2.24, 2.45) is 0 Å². The van der Waals surface area contributed by atoms with Crippen LogP contribution in [0.2, 0.25) is 0 Å². The molecule has 14 nitrogen and oxygen atoms in total. The van der Waals surface area contributed by atoms with Crippen molar-refractivity contribution in [3.05, 3.63) is 0 Å². The molecule has 0 aromatic heterocycles. The number of aliphatic carboxylic acids is 1. The quantitative estimate of drug-likeness (QED) is 0.0423. The standard InChI is InChI=1S/C35H62N3O11P/c39-27-28-32(49-50(45)46)33(34(48-28)38-25-23-30(41)37-35(38)44)47-26-20-16-15-19-24-36-29(40)21-17-13-11-9-7-5-3-1-2-4-6-8-10-12-14-18-22-31(42)43/h28,32-34,39H,1-27H2,(H3-,36,37,40,41,42,43,44,45,46)/p+1/t28-,32?,33+,34-/m1/s1. The molecule has 50 heavy (non-hydrogen) atoms. The third-order valence-electron chi connectivity index (χ3n) is 9.32. The first kappa shape index (κ1) is 43.9. The van der Waals surface area contributed by atoms with Gasteiger partial charge in [-0.3, -0.25) is 24.6 Å². The Morgan fingerprint density at radius 2 is 1.32 bits per heavy atom. The van der Waals surface area contributed by atoms with Crippen LogP contribution in [0.5, 0.6) is 0 Å². The van der Waals surface area contributed by atoms with Gasteiger partial charge in [-0.05, 0) is 25.7 Å². The van der Waals surface area contributed by atoms with E-state index in [2.05, 4.69) is 10.6 Å². The lowest BCUT2D eigenvalue weighted by Gasteiger charge is -2.34. The molecule has 2 heterocycles. The second-order valence-corrected chi connectivity index (χ2v) is 14.2. The van der Waals surface area contributed by atoms with Gasteiger partial charge < -0.3 is 25.0 Å². The van der Waals surface area contributed by atoms with Crippen molar-refractivity contribution in [2.45, 2.75) is 172 Å². The summed E-state index contributed by atoms with van der Waals surface area (Å²) in [4.78, 5) is 57.3. The van der Waals surface area contributed by atoms with E-state index in [0.29, 0.717) is 25.8 Å². The summed E-state index contributed by atoms with van der Waals surface area (Å²) in [5.74, 6) is -1.01. The molecule has 2 aliphatic heterocycles. The van der Waals surface area contributed by atoms with Gasteiger partial charge >= 0.3 is 20.3 Å². The molecule has 0 radical (unpaired) electrons. The number of hydrogen-bond donors (Lipinski definition) is 5. The van der Waals surface area contributed by atoms with Crippen LogP contribution in [-0.4, -0.2) is 94.7 Å². The number of unbranched alkanes of at least 4 members (excludes halogenated alkanes) is 18. The van der Waals surface area contributed by atoms with Gasteiger partial charge in [-0.15, -0.1) is 9.42 Å². The molecule has 288 valence electrons. The number of aliphatic hydroxyl groups is 1. The molecule has 0 aliphatic carbocycles. The van der Waals surface area contributed by atoms with E-state index in [1.54, 1.807) is 0 Å². The zero-order valence-corrected chi connectivity index (χ0v) is 30.8. The van der Waals surface area contributed by atoms with Crippen LogP contribution in [0, 0.1) is 0 Å². The van der Waals surface area contributed by atoms with Crippen molar-refractivity contribution < 1.29 is 52.8 Å². The topological polar surface area (TPSA) is 201 Å². The highest BCUT2D eigenvalue weighted by Gasteiger charge is 2.53. The van der Waals surface area contributed by atoms with Gasteiger partial charge in [0, 0.05) is 43.5 Å². The third-order valence-corrected chi connectivity index (χ3v) is 9.74. The van der Waals surface area contributed by atoms with Crippen molar-refractivity contribution in [3.8, 4) is 0 Å². The molecule has 5 atom stereocenters. The summed E-state index contributed by atoms with van der Waals surface area (Å²) in [5, 5.41) is 23.6. The lowest BCUT2D eigenvalue weighted by atomic mass is 10.0. The van der Waals surface area contributed by atoms with E-state index in [-0.39, 0.29) is 25.5 Å². The van der Waals surface area contributed by atoms with Crippen LogP contribution in [0.4, 0.5) is 4.79 Å². The molecule has 0 bridgehead atoms. The van der Waals surface area contributed by atoms with E-state index in [9.17, 15) is 33.7 Å². The molecule has 2 rings (SSSR count). The monoisotopic (exact) mass is 732 g/mol. The number of nitrogens with one attached hydrogen (secondary N) is 2. The molecular weight excluding hydrogens is 669 g/mol.